The summed E-state index contributed by atoms with van der Waals surface area (Å²) in [5.74, 6) is 0.839. The number of amides is 1. The van der Waals surface area contributed by atoms with Crippen molar-refractivity contribution in [3.05, 3.63) is 55.1 Å². The fourth-order valence-corrected chi connectivity index (χ4v) is 3.20. The van der Waals surface area contributed by atoms with Crippen LogP contribution >= 0.6 is 0 Å². The van der Waals surface area contributed by atoms with Crippen LogP contribution in [-0.4, -0.2) is 59.2 Å². The molecule has 0 bridgehead atoms. The van der Waals surface area contributed by atoms with Crippen LogP contribution in [0.25, 0.3) is 0 Å². The number of pyridine rings is 1. The summed E-state index contributed by atoms with van der Waals surface area (Å²) in [5.41, 5.74) is 0.222. The Morgan fingerprint density at radius 1 is 1.37 bits per heavy atom. The Hall–Kier alpha value is -2.64. The van der Waals surface area contributed by atoms with Gasteiger partial charge < -0.3 is 19.7 Å². The van der Waals surface area contributed by atoms with Gasteiger partial charge in [-0.2, -0.15) is 0 Å². The van der Waals surface area contributed by atoms with Crippen LogP contribution in [0.4, 0.5) is 11.5 Å². The van der Waals surface area contributed by atoms with Gasteiger partial charge in [-0.05, 0) is 37.6 Å². The van der Waals surface area contributed by atoms with Crippen LogP contribution in [0.15, 0.2) is 53.8 Å². The molecule has 0 saturated carbocycles. The molecule has 7 heteroatoms. The first-order chi connectivity index (χ1) is 13.1. The highest BCUT2D eigenvalue weighted by atomic mass is 16.3. The third-order valence-electron chi connectivity index (χ3n) is 5.05. The predicted octanol–water partition coefficient (Wildman–Crippen LogP) is 2.38. The maximum Gasteiger partial charge on any atom is 0.291 e. The largest absolute Gasteiger partial charge is 0.459 e. The Kier molecular flexibility index (Phi) is 5.93. The van der Waals surface area contributed by atoms with E-state index in [0.29, 0.717) is 5.69 Å². The summed E-state index contributed by atoms with van der Waals surface area (Å²) in [6.07, 6.45) is 5.91. The van der Waals surface area contributed by atoms with Crippen molar-refractivity contribution in [3.63, 3.8) is 0 Å². The van der Waals surface area contributed by atoms with Crippen LogP contribution in [-0.2, 0) is 0 Å². The van der Waals surface area contributed by atoms with Crippen LogP contribution in [0, 0.1) is 0 Å². The zero-order valence-electron chi connectivity index (χ0n) is 15.6. The number of nitrogens with one attached hydrogen (secondary N) is 1. The standard InChI is InChI=1S/C20H26N4O3/c1-3-20(2,15-25)24-10-5-9-23(11-12-24)18-8-7-16(14-21-18)22-19(26)17-6-4-13-27-17/h3-4,6-8,13-14,25H,1,5,9-12,15H2,2H3,(H,22,26)/t20-/m1/s1. The zero-order valence-corrected chi connectivity index (χ0v) is 15.6. The zero-order chi connectivity index (χ0) is 19.3. The maximum atomic E-state index is 12.0. The Balaban J connectivity index is 1.62. The molecule has 1 aliphatic heterocycles. The second-order valence-corrected chi connectivity index (χ2v) is 6.88. The van der Waals surface area contributed by atoms with Crippen LogP contribution in [0.5, 0.6) is 0 Å². The topological polar surface area (TPSA) is 81.8 Å². The van der Waals surface area contributed by atoms with Gasteiger partial charge in [-0.3, -0.25) is 9.69 Å². The highest BCUT2D eigenvalue weighted by Gasteiger charge is 2.29. The fraction of sp³-hybridized carbons (Fsp3) is 0.400. The number of furan rings is 1. The fourth-order valence-electron chi connectivity index (χ4n) is 3.20. The van der Waals surface area contributed by atoms with Gasteiger partial charge in [0.05, 0.1) is 30.3 Å². The Labute approximate surface area is 159 Å². The molecule has 0 radical (unpaired) electrons. The number of nitrogens with zero attached hydrogens (tertiary/aromatic N) is 3. The van der Waals surface area contributed by atoms with Gasteiger partial charge in [0, 0.05) is 26.2 Å². The second-order valence-electron chi connectivity index (χ2n) is 6.88. The lowest BCUT2D eigenvalue weighted by Crippen LogP contribution is -2.49. The van der Waals surface area contributed by atoms with Crippen molar-refractivity contribution in [3.8, 4) is 0 Å². The number of rotatable bonds is 6. The lowest BCUT2D eigenvalue weighted by Gasteiger charge is -2.37. The van der Waals surface area contributed by atoms with E-state index < -0.39 is 5.54 Å². The number of aliphatic hydroxyl groups is 1. The molecule has 1 amide bonds. The summed E-state index contributed by atoms with van der Waals surface area (Å²) in [7, 11) is 0. The molecule has 1 fully saturated rings. The third-order valence-corrected chi connectivity index (χ3v) is 5.05. The SMILES string of the molecule is C=C[C@](C)(CO)N1CCCN(c2ccc(NC(=O)c3ccco3)cn2)CC1. The molecule has 7 nitrogen and oxygen atoms in total. The second kappa shape index (κ2) is 8.37. The number of carbonyl (C=O) groups is 1. The summed E-state index contributed by atoms with van der Waals surface area (Å²) in [4.78, 5) is 21.0. The summed E-state index contributed by atoms with van der Waals surface area (Å²) >= 11 is 0. The molecule has 2 aromatic rings. The van der Waals surface area contributed by atoms with E-state index in [1.165, 1.54) is 6.26 Å². The monoisotopic (exact) mass is 370 g/mol. The highest BCUT2D eigenvalue weighted by molar-refractivity contribution is 6.02. The Bertz CT molecular complexity index is 760. The van der Waals surface area contributed by atoms with Crippen molar-refractivity contribution < 1.29 is 14.3 Å². The molecule has 0 spiro atoms. The molecule has 1 saturated heterocycles. The Morgan fingerprint density at radius 3 is 2.85 bits per heavy atom. The smallest absolute Gasteiger partial charge is 0.291 e. The summed E-state index contributed by atoms with van der Waals surface area (Å²) in [6, 6.07) is 7.04. The first-order valence-corrected chi connectivity index (χ1v) is 9.11. The maximum absolute atomic E-state index is 12.0. The molecule has 0 unspecified atom stereocenters. The molecule has 2 aromatic heterocycles. The van der Waals surface area contributed by atoms with Gasteiger partial charge >= 0.3 is 0 Å². The van der Waals surface area contributed by atoms with Gasteiger partial charge in [-0.15, -0.1) is 6.58 Å². The molecule has 144 valence electrons. The van der Waals surface area contributed by atoms with E-state index in [-0.39, 0.29) is 18.3 Å². The molecule has 27 heavy (non-hydrogen) atoms. The quantitative estimate of drug-likeness (QED) is 0.760. The molecule has 3 rings (SSSR count). The first-order valence-electron chi connectivity index (χ1n) is 9.11. The van der Waals surface area contributed by atoms with E-state index in [9.17, 15) is 9.90 Å². The van der Waals surface area contributed by atoms with Crippen molar-refractivity contribution in [2.45, 2.75) is 18.9 Å². The van der Waals surface area contributed by atoms with Gasteiger partial charge in [0.15, 0.2) is 5.76 Å². The van der Waals surface area contributed by atoms with Crippen molar-refractivity contribution in [2.24, 2.45) is 0 Å². The molecule has 1 atom stereocenters. The minimum atomic E-state index is -0.399. The molecule has 1 aliphatic rings. The number of aliphatic hydroxyl groups excluding tert-OH is 1. The van der Waals surface area contributed by atoms with Crippen molar-refractivity contribution in [1.82, 2.24) is 9.88 Å². The van der Waals surface area contributed by atoms with Crippen LogP contribution in [0.3, 0.4) is 0 Å². The van der Waals surface area contributed by atoms with E-state index in [2.05, 4.69) is 26.7 Å². The molecule has 3 heterocycles. The van der Waals surface area contributed by atoms with E-state index in [1.807, 2.05) is 25.1 Å². The first kappa shape index (κ1) is 19.1. The van der Waals surface area contributed by atoms with Gasteiger partial charge in [-0.25, -0.2) is 4.98 Å². The number of hydrogen-bond donors (Lipinski definition) is 2. The third kappa shape index (κ3) is 4.37. The van der Waals surface area contributed by atoms with Crippen LogP contribution in [0.1, 0.15) is 23.9 Å². The number of hydrogen-bond acceptors (Lipinski definition) is 6. The normalized spacial score (nSPS) is 17.8. The van der Waals surface area contributed by atoms with E-state index in [0.717, 1.165) is 38.4 Å². The van der Waals surface area contributed by atoms with Crippen LogP contribution < -0.4 is 10.2 Å². The number of aromatic nitrogens is 1. The average Bonchev–Trinajstić information content (AvgIpc) is 3.13. The van der Waals surface area contributed by atoms with Gasteiger partial charge in [-0.1, -0.05) is 6.08 Å². The van der Waals surface area contributed by atoms with E-state index >= 15 is 0 Å². The minimum Gasteiger partial charge on any atom is -0.459 e. The van der Waals surface area contributed by atoms with Crippen molar-refractivity contribution >= 4 is 17.4 Å². The lowest BCUT2D eigenvalue weighted by molar-refractivity contribution is 0.0854. The number of carbonyl (C=O) groups excluding carboxylic acids is 1. The van der Waals surface area contributed by atoms with Gasteiger partial charge in [0.25, 0.3) is 5.91 Å². The van der Waals surface area contributed by atoms with Crippen molar-refractivity contribution in [1.29, 1.82) is 0 Å². The summed E-state index contributed by atoms with van der Waals surface area (Å²) < 4.78 is 5.09. The minimum absolute atomic E-state index is 0.0544. The highest BCUT2D eigenvalue weighted by Crippen LogP contribution is 2.21. The summed E-state index contributed by atoms with van der Waals surface area (Å²) in [6.45, 7) is 9.35. The molecule has 2 N–H and O–H groups in total. The number of anilines is 2. The van der Waals surface area contributed by atoms with Gasteiger partial charge in [0.2, 0.25) is 0 Å². The lowest BCUT2D eigenvalue weighted by atomic mass is 10.0. The molecule has 0 aromatic carbocycles. The summed E-state index contributed by atoms with van der Waals surface area (Å²) in [5, 5.41) is 12.5. The van der Waals surface area contributed by atoms with Crippen molar-refractivity contribution in [2.75, 3.05) is 43.0 Å². The van der Waals surface area contributed by atoms with Crippen LogP contribution in [0.2, 0.25) is 0 Å². The predicted molar refractivity (Wildman–Crippen MR) is 105 cm³/mol. The molecular formula is C20H26N4O3. The Morgan fingerprint density at radius 2 is 2.22 bits per heavy atom. The van der Waals surface area contributed by atoms with E-state index in [1.54, 1.807) is 18.3 Å². The molecule has 0 aliphatic carbocycles. The molecular weight excluding hydrogens is 344 g/mol. The van der Waals surface area contributed by atoms with E-state index in [4.69, 9.17) is 4.42 Å². The van der Waals surface area contributed by atoms with Gasteiger partial charge in [0.1, 0.15) is 5.82 Å². The average molecular weight is 370 g/mol.